The number of β-amino-alcohol motifs (C(OH)–C–C–N with tert-alkyl or cyclic N) is 1. The summed E-state index contributed by atoms with van der Waals surface area (Å²) in [5, 5.41) is 11.3. The molecule has 0 saturated carbocycles. The third-order valence-electron chi connectivity index (χ3n) is 5.17. The third kappa shape index (κ3) is 4.89. The molecule has 1 N–H and O–H groups in total. The van der Waals surface area contributed by atoms with Crippen LogP contribution in [-0.2, 0) is 0 Å². The zero-order valence-corrected chi connectivity index (χ0v) is 16.5. The fourth-order valence-corrected chi connectivity index (χ4v) is 3.62. The molecule has 2 aromatic rings. The average Bonchev–Trinajstić information content (AvgIpc) is 3.18. The summed E-state index contributed by atoms with van der Waals surface area (Å²) in [4.78, 5) is 4.69. The Hall–Kier alpha value is -1.99. The van der Waals surface area contributed by atoms with Gasteiger partial charge in [0.25, 0.3) is 0 Å². The van der Waals surface area contributed by atoms with Gasteiger partial charge in [0, 0.05) is 44.3 Å². The number of halogens is 1. The molecule has 2 aromatic carbocycles. The summed E-state index contributed by atoms with van der Waals surface area (Å²) in [6.07, 6.45) is -0.533. The van der Waals surface area contributed by atoms with E-state index in [9.17, 15) is 5.11 Å². The molecule has 0 amide bonds. The van der Waals surface area contributed by atoms with Gasteiger partial charge in [0.2, 0.25) is 6.79 Å². The molecule has 0 bridgehead atoms. The molecule has 2 aliphatic rings. The van der Waals surface area contributed by atoms with Crippen molar-refractivity contribution in [3.8, 4) is 17.2 Å². The lowest BCUT2D eigenvalue weighted by Crippen LogP contribution is -2.48. The van der Waals surface area contributed by atoms with Gasteiger partial charge in [0.1, 0.15) is 12.4 Å². The largest absolute Gasteiger partial charge is 0.492 e. The molecule has 4 rings (SSSR count). The normalized spacial score (nSPS) is 18.2. The summed E-state index contributed by atoms with van der Waals surface area (Å²) in [6, 6.07) is 13.1. The van der Waals surface area contributed by atoms with E-state index >= 15 is 0 Å². The summed E-state index contributed by atoms with van der Waals surface area (Å²) in [6.45, 7) is 6.22. The average molecular weight is 405 g/mol. The van der Waals surface area contributed by atoms with E-state index in [0.29, 0.717) is 23.9 Å². The van der Waals surface area contributed by atoms with Gasteiger partial charge in [-0.1, -0.05) is 17.7 Å². The number of nitrogens with zero attached hydrogens (tertiary/aromatic N) is 2. The van der Waals surface area contributed by atoms with Gasteiger partial charge < -0.3 is 19.3 Å². The monoisotopic (exact) mass is 404 g/mol. The molecule has 2 aliphatic heterocycles. The molecule has 0 radical (unpaired) electrons. The number of hydrogen-bond donors (Lipinski definition) is 1. The third-order valence-corrected chi connectivity index (χ3v) is 5.42. The van der Waals surface area contributed by atoms with Crippen molar-refractivity contribution in [1.82, 2.24) is 9.80 Å². The van der Waals surface area contributed by atoms with Crippen LogP contribution in [0.2, 0.25) is 5.02 Å². The summed E-state index contributed by atoms with van der Waals surface area (Å²) in [5.74, 6) is 2.29. The van der Waals surface area contributed by atoms with Gasteiger partial charge in [-0.25, -0.2) is 0 Å². The van der Waals surface area contributed by atoms with Crippen molar-refractivity contribution in [2.75, 3.05) is 52.7 Å². The van der Waals surface area contributed by atoms with E-state index < -0.39 is 6.10 Å². The number of piperazine rings is 1. The molecular weight excluding hydrogens is 380 g/mol. The number of benzene rings is 2. The summed E-state index contributed by atoms with van der Waals surface area (Å²) in [5.41, 5.74) is 0.864. The van der Waals surface area contributed by atoms with Gasteiger partial charge in [-0.3, -0.25) is 9.80 Å². The standard InChI is InChI=1S/C21H25ClN2O4/c22-17-2-4-18(5-3-17)26-12-11-23-7-9-24(10-8-23)14-19(25)16-1-6-20-21(13-16)28-15-27-20/h1-6,13,19,25H,7-12,14-15H2/t19-/m1/s1. The van der Waals surface area contributed by atoms with E-state index in [0.717, 1.165) is 49.8 Å². The minimum atomic E-state index is -0.533. The van der Waals surface area contributed by atoms with Crippen LogP contribution in [-0.4, -0.2) is 67.6 Å². The lowest BCUT2D eigenvalue weighted by Gasteiger charge is -2.35. The van der Waals surface area contributed by atoms with Crippen LogP contribution in [0.1, 0.15) is 11.7 Å². The van der Waals surface area contributed by atoms with Crippen LogP contribution in [0.3, 0.4) is 0 Å². The lowest BCUT2D eigenvalue weighted by atomic mass is 10.1. The zero-order valence-electron chi connectivity index (χ0n) is 15.7. The zero-order chi connectivity index (χ0) is 19.3. The van der Waals surface area contributed by atoms with E-state index in [1.54, 1.807) is 0 Å². The Balaban J connectivity index is 1.18. The van der Waals surface area contributed by atoms with E-state index in [2.05, 4.69) is 9.80 Å². The minimum absolute atomic E-state index is 0.249. The van der Waals surface area contributed by atoms with Gasteiger partial charge >= 0.3 is 0 Å². The van der Waals surface area contributed by atoms with E-state index in [-0.39, 0.29) is 6.79 Å². The van der Waals surface area contributed by atoms with Crippen molar-refractivity contribution in [2.24, 2.45) is 0 Å². The van der Waals surface area contributed by atoms with E-state index in [1.165, 1.54) is 0 Å². The lowest BCUT2D eigenvalue weighted by molar-refractivity contribution is 0.0675. The smallest absolute Gasteiger partial charge is 0.231 e. The highest BCUT2D eigenvalue weighted by Gasteiger charge is 2.21. The van der Waals surface area contributed by atoms with Gasteiger partial charge in [-0.2, -0.15) is 0 Å². The Morgan fingerprint density at radius 1 is 0.964 bits per heavy atom. The van der Waals surface area contributed by atoms with Crippen LogP contribution in [0.25, 0.3) is 0 Å². The summed E-state index contributed by atoms with van der Waals surface area (Å²) in [7, 11) is 0. The molecule has 1 fully saturated rings. The van der Waals surface area contributed by atoms with Gasteiger partial charge in [-0.15, -0.1) is 0 Å². The highest BCUT2D eigenvalue weighted by atomic mass is 35.5. The topological polar surface area (TPSA) is 54.4 Å². The fraction of sp³-hybridized carbons (Fsp3) is 0.429. The second-order valence-corrected chi connectivity index (χ2v) is 7.51. The number of aliphatic hydroxyl groups excluding tert-OH is 1. The molecule has 0 spiro atoms. The first-order valence-electron chi connectivity index (χ1n) is 9.58. The number of aliphatic hydroxyl groups is 1. The predicted molar refractivity (Wildman–Crippen MR) is 107 cm³/mol. The molecule has 0 aromatic heterocycles. The molecular formula is C21H25ClN2O4. The molecule has 0 aliphatic carbocycles. The Morgan fingerprint density at radius 3 is 2.46 bits per heavy atom. The maximum Gasteiger partial charge on any atom is 0.231 e. The first-order valence-corrected chi connectivity index (χ1v) is 9.96. The predicted octanol–water partition coefficient (Wildman–Crippen LogP) is 2.80. The van der Waals surface area contributed by atoms with Crippen LogP contribution in [0.4, 0.5) is 0 Å². The van der Waals surface area contributed by atoms with E-state index in [1.807, 2.05) is 42.5 Å². The molecule has 1 saturated heterocycles. The Kier molecular flexibility index (Phi) is 6.22. The van der Waals surface area contributed by atoms with Crippen LogP contribution < -0.4 is 14.2 Å². The van der Waals surface area contributed by atoms with Gasteiger partial charge in [0.15, 0.2) is 11.5 Å². The molecule has 28 heavy (non-hydrogen) atoms. The van der Waals surface area contributed by atoms with Crippen LogP contribution in [0.15, 0.2) is 42.5 Å². The molecule has 0 unspecified atom stereocenters. The first-order chi connectivity index (χ1) is 13.7. The second-order valence-electron chi connectivity index (χ2n) is 7.07. The fourth-order valence-electron chi connectivity index (χ4n) is 3.49. The number of hydrogen-bond acceptors (Lipinski definition) is 6. The van der Waals surface area contributed by atoms with Crippen molar-refractivity contribution in [2.45, 2.75) is 6.10 Å². The van der Waals surface area contributed by atoms with Gasteiger partial charge in [-0.05, 0) is 42.0 Å². The summed E-state index contributed by atoms with van der Waals surface area (Å²) >= 11 is 5.88. The quantitative estimate of drug-likeness (QED) is 0.765. The van der Waals surface area contributed by atoms with Crippen molar-refractivity contribution < 1.29 is 19.3 Å². The van der Waals surface area contributed by atoms with Crippen molar-refractivity contribution in [1.29, 1.82) is 0 Å². The van der Waals surface area contributed by atoms with Gasteiger partial charge in [0.05, 0.1) is 6.10 Å². The number of rotatable bonds is 7. The summed E-state index contributed by atoms with van der Waals surface area (Å²) < 4.78 is 16.5. The molecule has 1 atom stereocenters. The Morgan fingerprint density at radius 2 is 1.68 bits per heavy atom. The minimum Gasteiger partial charge on any atom is -0.492 e. The van der Waals surface area contributed by atoms with Crippen LogP contribution >= 0.6 is 11.6 Å². The van der Waals surface area contributed by atoms with Crippen LogP contribution in [0.5, 0.6) is 17.2 Å². The highest BCUT2D eigenvalue weighted by molar-refractivity contribution is 6.30. The molecule has 150 valence electrons. The molecule has 6 nitrogen and oxygen atoms in total. The van der Waals surface area contributed by atoms with Crippen molar-refractivity contribution in [3.63, 3.8) is 0 Å². The SMILES string of the molecule is O[C@H](CN1CCN(CCOc2ccc(Cl)cc2)CC1)c1ccc2c(c1)OCO2. The van der Waals surface area contributed by atoms with Crippen LogP contribution in [0, 0.1) is 0 Å². The number of fused-ring (bicyclic) bond motifs is 1. The van der Waals surface area contributed by atoms with Crippen molar-refractivity contribution >= 4 is 11.6 Å². The number of ether oxygens (including phenoxy) is 3. The molecule has 2 heterocycles. The second kappa shape index (κ2) is 9.01. The maximum absolute atomic E-state index is 10.6. The Labute approximate surface area is 170 Å². The maximum atomic E-state index is 10.6. The first kappa shape index (κ1) is 19.3. The Bertz CT molecular complexity index is 778. The van der Waals surface area contributed by atoms with Crippen molar-refractivity contribution in [3.05, 3.63) is 53.1 Å². The highest BCUT2D eigenvalue weighted by Crippen LogP contribution is 2.34. The van der Waals surface area contributed by atoms with E-state index in [4.69, 9.17) is 25.8 Å². The molecule has 7 heteroatoms.